The van der Waals surface area contributed by atoms with Crippen LogP contribution in [0.4, 0.5) is 0 Å². The van der Waals surface area contributed by atoms with Gasteiger partial charge in [0, 0.05) is 5.38 Å². The highest BCUT2D eigenvalue weighted by Gasteiger charge is 2.20. The first-order valence-electron chi connectivity index (χ1n) is 3.45. The predicted octanol–water partition coefficient (Wildman–Crippen LogP) is 1.50. The lowest BCUT2D eigenvalue weighted by molar-refractivity contribution is 0.112. The third-order valence-corrected chi connectivity index (χ3v) is 5.54. The van der Waals surface area contributed by atoms with Crippen LogP contribution in [0, 0.1) is 0 Å². The number of rotatable bonds is 2. The van der Waals surface area contributed by atoms with Crippen LogP contribution < -0.4 is 4.63 Å². The average Bonchev–Trinajstić information content (AvgIpc) is 2.32. The van der Waals surface area contributed by atoms with Crippen LogP contribution in [0.5, 0.6) is 0 Å². The Kier molecular flexibility index (Phi) is 2.24. The minimum atomic E-state index is -1.28. The standard InChI is InChI=1S/C7H11NOSSi/c1-11(2,3)7-8-6(4-9)5-10-7/h4-5H,1-3H3. The molecule has 1 heterocycles. The summed E-state index contributed by atoms with van der Waals surface area (Å²) in [6.07, 6.45) is 0.806. The number of carbonyl (C=O) groups excluding carboxylic acids is 1. The van der Waals surface area contributed by atoms with Crippen LogP contribution >= 0.6 is 11.3 Å². The molecule has 2 nitrogen and oxygen atoms in total. The van der Waals surface area contributed by atoms with E-state index >= 15 is 0 Å². The summed E-state index contributed by atoms with van der Waals surface area (Å²) in [5.74, 6) is 0. The smallest absolute Gasteiger partial charge is 0.169 e. The summed E-state index contributed by atoms with van der Waals surface area (Å²) in [6.45, 7) is 6.67. The van der Waals surface area contributed by atoms with E-state index in [1.807, 2.05) is 5.38 Å². The van der Waals surface area contributed by atoms with Crippen LogP contribution in [0.15, 0.2) is 5.38 Å². The van der Waals surface area contributed by atoms with Crippen molar-refractivity contribution in [1.82, 2.24) is 4.98 Å². The van der Waals surface area contributed by atoms with Gasteiger partial charge in [-0.1, -0.05) is 19.6 Å². The summed E-state index contributed by atoms with van der Waals surface area (Å²) in [5.41, 5.74) is 0.576. The molecule has 0 fully saturated rings. The number of hydrogen-bond donors (Lipinski definition) is 0. The van der Waals surface area contributed by atoms with Crippen LogP contribution in [0.1, 0.15) is 10.5 Å². The van der Waals surface area contributed by atoms with Crippen molar-refractivity contribution < 1.29 is 4.79 Å². The van der Waals surface area contributed by atoms with Crippen molar-refractivity contribution in [2.75, 3.05) is 0 Å². The molecule has 1 rings (SSSR count). The van der Waals surface area contributed by atoms with Crippen LogP contribution in [-0.2, 0) is 0 Å². The summed E-state index contributed by atoms with van der Waals surface area (Å²) < 4.78 is 1.15. The first-order chi connectivity index (χ1) is 5.04. The Morgan fingerprint density at radius 1 is 1.55 bits per heavy atom. The second-order valence-corrected chi connectivity index (χ2v) is 9.64. The minimum absolute atomic E-state index is 0.576. The molecule has 1 aromatic heterocycles. The lowest BCUT2D eigenvalue weighted by atomic mass is 10.6. The number of aldehydes is 1. The zero-order valence-corrected chi connectivity index (χ0v) is 8.73. The van der Waals surface area contributed by atoms with E-state index in [0.717, 1.165) is 10.9 Å². The number of hydrogen-bond acceptors (Lipinski definition) is 3. The molecule has 0 aliphatic rings. The quantitative estimate of drug-likeness (QED) is 0.516. The topological polar surface area (TPSA) is 30.0 Å². The number of aromatic nitrogens is 1. The van der Waals surface area contributed by atoms with Crippen LogP contribution in [-0.4, -0.2) is 19.3 Å². The van der Waals surface area contributed by atoms with Crippen LogP contribution in [0.25, 0.3) is 0 Å². The van der Waals surface area contributed by atoms with E-state index in [9.17, 15) is 4.79 Å². The fraction of sp³-hybridized carbons (Fsp3) is 0.429. The molecule has 0 amide bonds. The molecule has 0 N–H and O–H groups in total. The zero-order chi connectivity index (χ0) is 8.48. The van der Waals surface area contributed by atoms with Crippen molar-refractivity contribution in [3.8, 4) is 0 Å². The maximum Gasteiger partial charge on any atom is 0.169 e. The summed E-state index contributed by atoms with van der Waals surface area (Å²) in [4.78, 5) is 14.5. The van der Waals surface area contributed by atoms with Gasteiger partial charge in [0.1, 0.15) is 13.8 Å². The zero-order valence-electron chi connectivity index (χ0n) is 6.92. The monoisotopic (exact) mass is 185 g/mol. The highest BCUT2D eigenvalue weighted by molar-refractivity contribution is 7.24. The lowest BCUT2D eigenvalue weighted by Gasteiger charge is -2.09. The van der Waals surface area contributed by atoms with Gasteiger partial charge in [-0.25, -0.2) is 4.98 Å². The second-order valence-electron chi connectivity index (χ2n) is 3.45. The van der Waals surface area contributed by atoms with Crippen LogP contribution in [0.2, 0.25) is 19.6 Å². The van der Waals surface area contributed by atoms with Crippen molar-refractivity contribution >= 4 is 30.3 Å². The Bertz CT molecular complexity index is 264. The molecule has 0 atom stereocenters. The summed E-state index contributed by atoms with van der Waals surface area (Å²) in [5, 5.41) is 1.82. The van der Waals surface area contributed by atoms with Gasteiger partial charge >= 0.3 is 0 Å². The van der Waals surface area contributed by atoms with Gasteiger partial charge in [0.25, 0.3) is 0 Å². The maximum atomic E-state index is 10.3. The normalized spacial score (nSPS) is 11.5. The van der Waals surface area contributed by atoms with Gasteiger partial charge in [-0.05, 0) is 0 Å². The van der Waals surface area contributed by atoms with Crippen molar-refractivity contribution in [1.29, 1.82) is 0 Å². The van der Waals surface area contributed by atoms with Gasteiger partial charge < -0.3 is 0 Å². The van der Waals surface area contributed by atoms with Gasteiger partial charge in [0.15, 0.2) is 6.29 Å². The Balaban J connectivity index is 2.98. The molecule has 4 heteroatoms. The third-order valence-electron chi connectivity index (χ3n) is 1.28. The molecule has 0 aliphatic carbocycles. The highest BCUT2D eigenvalue weighted by atomic mass is 32.1. The molecule has 0 bridgehead atoms. The number of carbonyl (C=O) groups is 1. The maximum absolute atomic E-state index is 10.3. The van der Waals surface area contributed by atoms with Gasteiger partial charge in [0.05, 0.1) is 4.63 Å². The predicted molar refractivity (Wildman–Crippen MR) is 50.5 cm³/mol. The van der Waals surface area contributed by atoms with Gasteiger partial charge in [-0.2, -0.15) is 0 Å². The molecule has 0 aliphatic heterocycles. The molecule has 11 heavy (non-hydrogen) atoms. The summed E-state index contributed by atoms with van der Waals surface area (Å²) >= 11 is 1.60. The fourth-order valence-electron chi connectivity index (χ4n) is 0.685. The van der Waals surface area contributed by atoms with Gasteiger partial charge in [-0.15, -0.1) is 11.3 Å². The first kappa shape index (κ1) is 8.61. The van der Waals surface area contributed by atoms with Crippen molar-refractivity contribution in [3.63, 3.8) is 0 Å². The Morgan fingerprint density at radius 3 is 2.45 bits per heavy atom. The molecule has 0 saturated heterocycles. The fourth-order valence-corrected chi connectivity index (χ4v) is 3.24. The highest BCUT2D eigenvalue weighted by Crippen LogP contribution is 2.06. The molecule has 60 valence electrons. The molecule has 0 aromatic carbocycles. The molecule has 1 aromatic rings. The lowest BCUT2D eigenvalue weighted by Crippen LogP contribution is -2.37. The van der Waals surface area contributed by atoms with Crippen LogP contribution in [0.3, 0.4) is 0 Å². The van der Waals surface area contributed by atoms with Gasteiger partial charge in [0.2, 0.25) is 0 Å². The van der Waals surface area contributed by atoms with Crippen molar-refractivity contribution in [2.45, 2.75) is 19.6 Å². The average molecular weight is 185 g/mol. The van der Waals surface area contributed by atoms with E-state index < -0.39 is 8.07 Å². The minimum Gasteiger partial charge on any atom is -0.296 e. The Hall–Kier alpha value is -0.483. The summed E-state index contributed by atoms with van der Waals surface area (Å²) in [7, 11) is -1.28. The largest absolute Gasteiger partial charge is 0.296 e. The summed E-state index contributed by atoms with van der Waals surface area (Å²) in [6, 6.07) is 0. The third kappa shape index (κ3) is 1.97. The molecule has 0 saturated carbocycles. The van der Waals surface area contributed by atoms with E-state index in [0.29, 0.717) is 5.69 Å². The Labute approximate surface area is 71.3 Å². The van der Waals surface area contributed by atoms with E-state index in [1.54, 1.807) is 11.3 Å². The Morgan fingerprint density at radius 2 is 2.18 bits per heavy atom. The van der Waals surface area contributed by atoms with E-state index in [1.165, 1.54) is 0 Å². The molecule has 0 spiro atoms. The van der Waals surface area contributed by atoms with E-state index in [4.69, 9.17) is 0 Å². The van der Waals surface area contributed by atoms with E-state index in [2.05, 4.69) is 24.6 Å². The van der Waals surface area contributed by atoms with E-state index in [-0.39, 0.29) is 0 Å². The SMILES string of the molecule is C[Si](C)(C)c1nc(C=O)cs1. The number of thiazole rings is 1. The second kappa shape index (κ2) is 2.87. The first-order valence-corrected chi connectivity index (χ1v) is 7.83. The molecular weight excluding hydrogens is 174 g/mol. The van der Waals surface area contributed by atoms with Gasteiger partial charge in [-0.3, -0.25) is 4.79 Å². The van der Waals surface area contributed by atoms with Crippen molar-refractivity contribution in [2.24, 2.45) is 0 Å². The van der Waals surface area contributed by atoms with Crippen molar-refractivity contribution in [3.05, 3.63) is 11.1 Å². The molecule has 0 unspecified atom stereocenters. The molecular formula is C7H11NOSSi. The molecule has 0 radical (unpaired) electrons. The number of nitrogens with zero attached hydrogens (tertiary/aromatic N) is 1.